The molecule has 0 aromatic heterocycles. The van der Waals surface area contributed by atoms with E-state index in [0.717, 1.165) is 17.1 Å². The Kier molecular flexibility index (Phi) is 8.48. The number of carbonyl (C=O) groups is 1. The second kappa shape index (κ2) is 11.5. The lowest BCUT2D eigenvalue weighted by atomic mass is 10.1. The van der Waals surface area contributed by atoms with Gasteiger partial charge in [0.1, 0.15) is 0 Å². The minimum absolute atomic E-state index is 0.0288. The summed E-state index contributed by atoms with van der Waals surface area (Å²) in [5, 5.41) is 0. The second-order valence-corrected chi connectivity index (χ2v) is 8.79. The summed E-state index contributed by atoms with van der Waals surface area (Å²) >= 11 is 0. The summed E-state index contributed by atoms with van der Waals surface area (Å²) in [6, 6.07) is 17.3. The minimum Gasteiger partial charge on any atom is -0.420 e. The predicted molar refractivity (Wildman–Crippen MR) is 146 cm³/mol. The molecule has 0 N–H and O–H groups in total. The van der Waals surface area contributed by atoms with Crippen molar-refractivity contribution >= 4 is 23.3 Å². The Balaban J connectivity index is 1.89. The van der Waals surface area contributed by atoms with Gasteiger partial charge in [0.15, 0.2) is 5.76 Å². The first-order chi connectivity index (χ1) is 16.7. The third kappa shape index (κ3) is 6.38. The lowest BCUT2D eigenvalue weighted by molar-refractivity contribution is -0.122. The van der Waals surface area contributed by atoms with Gasteiger partial charge in [-0.3, -0.25) is 9.69 Å². The maximum absolute atomic E-state index is 12.8. The number of amidine groups is 1. The van der Waals surface area contributed by atoms with E-state index in [9.17, 15) is 4.79 Å². The Morgan fingerprint density at radius 2 is 1.57 bits per heavy atom. The van der Waals surface area contributed by atoms with E-state index in [2.05, 4.69) is 84.9 Å². The van der Waals surface area contributed by atoms with Crippen molar-refractivity contribution in [1.29, 1.82) is 0 Å². The number of hydrogen-bond acceptors (Lipinski definition) is 4. The molecule has 2 aromatic rings. The van der Waals surface area contributed by atoms with Crippen LogP contribution in [0.15, 0.2) is 101 Å². The van der Waals surface area contributed by atoms with Crippen LogP contribution in [0.3, 0.4) is 0 Å². The number of likely N-dealkylation sites (N-methyl/N-ethyl adjacent to an activating group) is 1. The number of anilines is 2. The van der Waals surface area contributed by atoms with Crippen LogP contribution in [-0.2, 0) is 9.53 Å². The van der Waals surface area contributed by atoms with Gasteiger partial charge in [-0.05, 0) is 83.5 Å². The van der Waals surface area contributed by atoms with Crippen LogP contribution in [-0.4, -0.2) is 29.4 Å². The van der Waals surface area contributed by atoms with Gasteiger partial charge in [-0.2, -0.15) is 0 Å². The second-order valence-electron chi connectivity index (χ2n) is 8.79. The van der Waals surface area contributed by atoms with E-state index in [1.165, 1.54) is 16.0 Å². The van der Waals surface area contributed by atoms with Gasteiger partial charge in [0.25, 0.3) is 5.91 Å². The first kappa shape index (κ1) is 25.8. The third-order valence-corrected chi connectivity index (χ3v) is 5.50. The summed E-state index contributed by atoms with van der Waals surface area (Å²) in [5.41, 5.74) is 6.17. The van der Waals surface area contributed by atoms with Gasteiger partial charge in [0, 0.05) is 29.7 Å². The summed E-state index contributed by atoms with van der Waals surface area (Å²) in [5.74, 6) is 0.0329. The number of carbonyl (C=O) groups excluding carboxylic acids is 1. The summed E-state index contributed by atoms with van der Waals surface area (Å²) in [6.07, 6.45) is 7.61. The molecular formula is C30H35N3O2. The number of hydrogen-bond donors (Lipinski definition) is 0. The summed E-state index contributed by atoms with van der Waals surface area (Å²) in [6.45, 7) is 16.6. The topological polar surface area (TPSA) is 45.1 Å². The van der Waals surface area contributed by atoms with Crippen molar-refractivity contribution in [3.8, 4) is 0 Å². The van der Waals surface area contributed by atoms with Crippen molar-refractivity contribution in [2.75, 3.05) is 11.4 Å². The highest BCUT2D eigenvalue weighted by molar-refractivity contribution is 6.09. The molecule has 0 spiro atoms. The fourth-order valence-electron chi connectivity index (χ4n) is 3.65. The molecule has 1 saturated heterocycles. The molecule has 0 aliphatic carbocycles. The van der Waals surface area contributed by atoms with Gasteiger partial charge >= 0.3 is 6.02 Å². The van der Waals surface area contributed by atoms with Gasteiger partial charge in [-0.15, -0.1) is 0 Å². The van der Waals surface area contributed by atoms with Gasteiger partial charge < -0.3 is 9.64 Å². The van der Waals surface area contributed by atoms with E-state index in [1.54, 1.807) is 6.08 Å². The largest absolute Gasteiger partial charge is 0.420 e. The number of rotatable bonds is 8. The molecule has 1 aliphatic heterocycles. The molecule has 0 unspecified atom stereocenters. The van der Waals surface area contributed by atoms with E-state index < -0.39 is 0 Å². The zero-order chi connectivity index (χ0) is 25.5. The lowest BCUT2D eigenvalue weighted by Crippen LogP contribution is -2.30. The van der Waals surface area contributed by atoms with E-state index in [0.29, 0.717) is 18.1 Å². The van der Waals surface area contributed by atoms with E-state index in [4.69, 9.17) is 4.74 Å². The summed E-state index contributed by atoms with van der Waals surface area (Å²) in [4.78, 5) is 20.9. The lowest BCUT2D eigenvalue weighted by Gasteiger charge is -2.26. The fraction of sp³-hybridized carbons (Fsp3) is 0.267. The van der Waals surface area contributed by atoms with Crippen LogP contribution in [0.1, 0.15) is 38.8 Å². The van der Waals surface area contributed by atoms with E-state index in [1.807, 2.05) is 39.8 Å². The molecule has 0 atom stereocenters. The average molecular weight is 470 g/mol. The van der Waals surface area contributed by atoms with Gasteiger partial charge in [-0.25, -0.2) is 4.99 Å². The maximum atomic E-state index is 12.8. The van der Waals surface area contributed by atoms with Crippen LogP contribution in [0.2, 0.25) is 0 Å². The van der Waals surface area contributed by atoms with Crippen molar-refractivity contribution in [2.24, 2.45) is 4.99 Å². The number of amides is 1. The number of ether oxygens (including phenoxy) is 1. The highest BCUT2D eigenvalue weighted by Gasteiger charge is 2.33. The zero-order valence-corrected chi connectivity index (χ0v) is 21.6. The molecule has 1 heterocycles. The Hall–Kier alpha value is -3.86. The molecule has 182 valence electrons. The maximum Gasteiger partial charge on any atom is 0.300 e. The molecule has 1 aliphatic rings. The van der Waals surface area contributed by atoms with Gasteiger partial charge in [0.05, 0.1) is 0 Å². The number of allylic oxidation sites excluding steroid dienone is 5. The monoisotopic (exact) mass is 469 g/mol. The average Bonchev–Trinajstić information content (AvgIpc) is 3.11. The molecule has 35 heavy (non-hydrogen) atoms. The first-order valence-corrected chi connectivity index (χ1v) is 12.0. The Labute approximate surface area is 209 Å². The van der Waals surface area contributed by atoms with Crippen LogP contribution in [0.25, 0.3) is 0 Å². The van der Waals surface area contributed by atoms with Crippen molar-refractivity contribution in [3.63, 3.8) is 0 Å². The van der Waals surface area contributed by atoms with Crippen LogP contribution < -0.4 is 4.90 Å². The minimum atomic E-state index is -0.200. The molecule has 0 radical (unpaired) electrons. The van der Waals surface area contributed by atoms with Crippen LogP contribution in [0.5, 0.6) is 0 Å². The fourth-order valence-corrected chi connectivity index (χ4v) is 3.65. The molecule has 1 fully saturated rings. The molecular weight excluding hydrogens is 434 g/mol. The number of nitrogens with zero attached hydrogens (tertiary/aromatic N) is 3. The Morgan fingerprint density at radius 1 is 1.03 bits per heavy atom. The smallest absolute Gasteiger partial charge is 0.300 e. The Morgan fingerprint density at radius 3 is 2.03 bits per heavy atom. The SMILES string of the molecule is C=C(/C=C\C(=C/C)N(c1ccc(C)cc1)c1ccc(C)cc1)/C=C1/OC(=NC(C)C)N(CC)C1=O. The molecule has 3 rings (SSSR count). The number of aryl methyl sites for hydroxylation is 2. The number of benzene rings is 2. The van der Waals surface area contributed by atoms with Gasteiger partial charge in [-0.1, -0.05) is 54.1 Å². The van der Waals surface area contributed by atoms with Crippen molar-refractivity contribution in [1.82, 2.24) is 4.90 Å². The Bertz CT molecular complexity index is 1140. The standard InChI is InChI=1S/C30H35N3O2/c1-8-25(33(26-16-10-22(5)11-17-26)27-18-12-23(6)13-19-27)15-14-24(7)20-28-29(34)32(9-2)30(35-28)31-21(3)4/h8,10-21H,7,9H2,1-6H3/b15-14-,25-8+,28-20+,31-30?. The van der Waals surface area contributed by atoms with Gasteiger partial charge in [0.2, 0.25) is 0 Å². The molecule has 0 bridgehead atoms. The van der Waals surface area contributed by atoms with Crippen LogP contribution in [0.4, 0.5) is 11.4 Å². The quantitative estimate of drug-likeness (QED) is 0.309. The van der Waals surface area contributed by atoms with Crippen molar-refractivity contribution in [3.05, 3.63) is 108 Å². The first-order valence-electron chi connectivity index (χ1n) is 12.0. The van der Waals surface area contributed by atoms with Crippen LogP contribution in [0, 0.1) is 13.8 Å². The predicted octanol–water partition coefficient (Wildman–Crippen LogP) is 6.98. The molecule has 5 heteroatoms. The summed E-state index contributed by atoms with van der Waals surface area (Å²) < 4.78 is 5.77. The molecule has 5 nitrogen and oxygen atoms in total. The van der Waals surface area contributed by atoms with Crippen LogP contribution >= 0.6 is 0 Å². The molecule has 0 saturated carbocycles. The highest BCUT2D eigenvalue weighted by atomic mass is 16.5. The molecule has 1 amide bonds. The van der Waals surface area contributed by atoms with Crippen molar-refractivity contribution < 1.29 is 9.53 Å². The third-order valence-electron chi connectivity index (χ3n) is 5.50. The van der Waals surface area contributed by atoms with E-state index >= 15 is 0 Å². The normalized spacial score (nSPS) is 16.6. The van der Waals surface area contributed by atoms with E-state index in [-0.39, 0.29) is 17.7 Å². The number of aliphatic imine (C=N–C) groups is 1. The highest BCUT2D eigenvalue weighted by Crippen LogP contribution is 2.31. The molecule has 2 aromatic carbocycles. The summed E-state index contributed by atoms with van der Waals surface area (Å²) in [7, 11) is 0. The van der Waals surface area contributed by atoms with Crippen molar-refractivity contribution in [2.45, 2.75) is 47.6 Å². The zero-order valence-electron chi connectivity index (χ0n) is 21.6.